The number of nitrogens with one attached hydrogen (secondary N) is 1. The maximum Gasteiger partial charge on any atom is 0.459 e. The Labute approximate surface area is 241 Å². The number of rotatable bonds is 11. The number of nitrogens with zero attached hydrogens (tertiary/aromatic N) is 4. The average molecular weight is 601 g/mol. The number of anilines is 1. The van der Waals surface area contributed by atoms with Gasteiger partial charge < -0.3 is 29.6 Å². The van der Waals surface area contributed by atoms with Gasteiger partial charge in [-0.05, 0) is 32.2 Å². The van der Waals surface area contributed by atoms with Crippen molar-refractivity contribution in [1.29, 1.82) is 0 Å². The zero-order chi connectivity index (χ0) is 30.0. The molecule has 4 N–H and O–H groups in total. The predicted molar refractivity (Wildman–Crippen MR) is 153 cm³/mol. The van der Waals surface area contributed by atoms with Gasteiger partial charge in [0.2, 0.25) is 11.8 Å². The van der Waals surface area contributed by atoms with Crippen molar-refractivity contribution in [3.63, 3.8) is 0 Å². The number of hydrogen-bond acceptors (Lipinski definition) is 12. The van der Waals surface area contributed by atoms with Crippen LogP contribution < -0.4 is 20.1 Å². The molecule has 1 unspecified atom stereocenters. The number of ether oxygens (including phenoxy) is 3. The molecule has 5 atom stereocenters. The molecule has 1 fully saturated rings. The highest BCUT2D eigenvalue weighted by atomic mass is 31.2. The normalized spacial score (nSPS) is 21.0. The van der Waals surface area contributed by atoms with Crippen molar-refractivity contribution in [2.75, 3.05) is 19.5 Å². The van der Waals surface area contributed by atoms with Crippen molar-refractivity contribution >= 4 is 41.6 Å². The van der Waals surface area contributed by atoms with E-state index in [0.29, 0.717) is 16.6 Å². The molecule has 2 aromatic carbocycles. The van der Waals surface area contributed by atoms with Crippen LogP contribution in [0.5, 0.6) is 11.6 Å². The molecule has 0 saturated carbocycles. The van der Waals surface area contributed by atoms with Crippen LogP contribution in [0, 0.1) is 0 Å². The molecular weight excluding hydrogens is 567 g/mol. The Morgan fingerprint density at radius 2 is 1.98 bits per heavy atom. The summed E-state index contributed by atoms with van der Waals surface area (Å²) in [5.74, 6) is -0.147. The average Bonchev–Trinajstić information content (AvgIpc) is 3.54. The molecule has 0 amide bonds. The topological polar surface area (TPSA) is 182 Å². The number of nitrogen functional groups attached to an aromatic ring is 1. The van der Waals surface area contributed by atoms with E-state index in [4.69, 9.17) is 29.0 Å². The van der Waals surface area contributed by atoms with Crippen molar-refractivity contribution in [3.8, 4) is 11.6 Å². The first kappa shape index (κ1) is 29.7. The number of hydrogen-bond donors (Lipinski definition) is 3. The van der Waals surface area contributed by atoms with Crippen molar-refractivity contribution in [2.24, 2.45) is 0 Å². The largest absolute Gasteiger partial charge is 0.479 e. The number of aliphatic hydroxyl groups excluding tert-OH is 1. The van der Waals surface area contributed by atoms with E-state index in [1.54, 1.807) is 30.5 Å². The van der Waals surface area contributed by atoms with Crippen molar-refractivity contribution < 1.29 is 37.7 Å². The SMILES string of the molecule is COc1nc(N)nc2c1ncn2[C@H]1C[C@H](O)[C@@H](COP(=O)(N[C@@H](C)C(=O)OC(C)C)Oc2cccc3ccccc23)O1. The molecule has 15 heteroatoms. The van der Waals surface area contributed by atoms with Gasteiger partial charge in [-0.2, -0.15) is 15.1 Å². The lowest BCUT2D eigenvalue weighted by Crippen LogP contribution is -2.37. The minimum absolute atomic E-state index is 0.0118. The lowest BCUT2D eigenvalue weighted by atomic mass is 10.1. The molecule has 42 heavy (non-hydrogen) atoms. The second kappa shape index (κ2) is 12.2. The Hall–Kier alpha value is -3.81. The number of imidazole rings is 1. The first-order valence-corrected chi connectivity index (χ1v) is 14.9. The van der Waals surface area contributed by atoms with E-state index in [2.05, 4.69) is 20.0 Å². The third kappa shape index (κ3) is 6.32. The summed E-state index contributed by atoms with van der Waals surface area (Å²) in [5.41, 5.74) is 6.57. The van der Waals surface area contributed by atoms with E-state index in [1.165, 1.54) is 20.4 Å². The summed E-state index contributed by atoms with van der Waals surface area (Å²) in [4.78, 5) is 25.1. The molecule has 1 saturated heterocycles. The number of carbonyl (C=O) groups excluding carboxylic acids is 1. The summed E-state index contributed by atoms with van der Waals surface area (Å²) in [7, 11) is -2.79. The van der Waals surface area contributed by atoms with Crippen LogP contribution in [0.4, 0.5) is 5.95 Å². The minimum atomic E-state index is -4.23. The van der Waals surface area contributed by atoms with Gasteiger partial charge in [-0.25, -0.2) is 9.55 Å². The van der Waals surface area contributed by atoms with Gasteiger partial charge in [-0.15, -0.1) is 0 Å². The molecule has 1 aliphatic heterocycles. The number of esters is 1. The monoisotopic (exact) mass is 600 g/mol. The summed E-state index contributed by atoms with van der Waals surface area (Å²) >= 11 is 0. The highest BCUT2D eigenvalue weighted by Gasteiger charge is 2.40. The quantitative estimate of drug-likeness (QED) is 0.168. The number of benzene rings is 2. The lowest BCUT2D eigenvalue weighted by Gasteiger charge is -2.25. The highest BCUT2D eigenvalue weighted by Crippen LogP contribution is 2.47. The maximum absolute atomic E-state index is 14.1. The van der Waals surface area contributed by atoms with E-state index in [-0.39, 0.29) is 36.7 Å². The lowest BCUT2D eigenvalue weighted by molar-refractivity contribution is -0.149. The standard InChI is InChI=1S/C27H33N6O8P/c1-15(2)39-26(35)16(3)32-42(36,41-20-11-7-9-17-8-5-6-10-18(17)20)38-13-21-19(34)12-22(40-21)33-14-29-23-24(33)30-27(28)31-25(23)37-4/h5-11,14-16,19,21-22,34H,12-13H2,1-4H3,(H,32,36)(H2,28,30,31)/t16-,19-,21+,22+,42?/m0/s1. The van der Waals surface area contributed by atoms with Crippen molar-refractivity contribution in [1.82, 2.24) is 24.6 Å². The van der Waals surface area contributed by atoms with Crippen LogP contribution >= 0.6 is 7.75 Å². The highest BCUT2D eigenvalue weighted by molar-refractivity contribution is 7.52. The zero-order valence-electron chi connectivity index (χ0n) is 23.5. The molecule has 3 heterocycles. The van der Waals surface area contributed by atoms with Gasteiger partial charge in [-0.1, -0.05) is 36.4 Å². The van der Waals surface area contributed by atoms with Crippen LogP contribution in [0.2, 0.25) is 0 Å². The van der Waals surface area contributed by atoms with Crippen LogP contribution in [-0.2, 0) is 23.4 Å². The van der Waals surface area contributed by atoms with E-state index in [0.717, 1.165) is 5.39 Å². The predicted octanol–water partition coefficient (Wildman–Crippen LogP) is 3.35. The second-order valence-electron chi connectivity index (χ2n) is 10.0. The molecule has 1 aliphatic rings. The fraction of sp³-hybridized carbons (Fsp3) is 0.407. The number of fused-ring (bicyclic) bond motifs is 2. The van der Waals surface area contributed by atoms with Gasteiger partial charge in [0.05, 0.1) is 32.3 Å². The van der Waals surface area contributed by atoms with Gasteiger partial charge in [0.15, 0.2) is 11.2 Å². The van der Waals surface area contributed by atoms with Crippen LogP contribution in [0.3, 0.4) is 0 Å². The number of aliphatic hydroxyl groups is 1. The number of aromatic nitrogens is 4. The summed E-state index contributed by atoms with van der Waals surface area (Å²) in [6, 6.07) is 11.7. The van der Waals surface area contributed by atoms with Crippen molar-refractivity contribution in [3.05, 3.63) is 48.8 Å². The Morgan fingerprint density at radius 3 is 2.74 bits per heavy atom. The maximum atomic E-state index is 14.1. The molecule has 0 bridgehead atoms. The van der Waals surface area contributed by atoms with E-state index < -0.39 is 38.2 Å². The summed E-state index contributed by atoms with van der Waals surface area (Å²) in [6.45, 7) is 4.59. The van der Waals surface area contributed by atoms with Gasteiger partial charge >= 0.3 is 13.7 Å². The van der Waals surface area contributed by atoms with E-state index in [9.17, 15) is 14.5 Å². The fourth-order valence-corrected chi connectivity index (χ4v) is 6.11. The summed E-state index contributed by atoms with van der Waals surface area (Å²) < 4.78 is 44.1. The summed E-state index contributed by atoms with van der Waals surface area (Å²) in [6.07, 6.45) is -1.32. The van der Waals surface area contributed by atoms with Gasteiger partial charge in [0.1, 0.15) is 24.1 Å². The second-order valence-corrected chi connectivity index (χ2v) is 11.7. The fourth-order valence-electron chi connectivity index (χ4n) is 4.59. The molecule has 14 nitrogen and oxygen atoms in total. The Morgan fingerprint density at radius 1 is 1.21 bits per heavy atom. The van der Waals surface area contributed by atoms with Crippen molar-refractivity contribution in [2.45, 2.75) is 57.8 Å². The molecule has 4 aromatic rings. The van der Waals surface area contributed by atoms with Crippen LogP contribution in [0.25, 0.3) is 21.9 Å². The minimum Gasteiger partial charge on any atom is -0.479 e. The van der Waals surface area contributed by atoms with E-state index in [1.807, 2.05) is 30.3 Å². The smallest absolute Gasteiger partial charge is 0.459 e. The molecule has 224 valence electrons. The Bertz CT molecular complexity index is 1630. The molecular formula is C27H33N6O8P. The van der Waals surface area contributed by atoms with Crippen LogP contribution in [0.1, 0.15) is 33.4 Å². The first-order valence-electron chi connectivity index (χ1n) is 13.3. The third-order valence-corrected chi connectivity index (χ3v) is 8.18. The van der Waals surface area contributed by atoms with E-state index >= 15 is 0 Å². The molecule has 0 spiro atoms. The molecule has 5 rings (SSSR count). The molecule has 2 aromatic heterocycles. The number of nitrogens with two attached hydrogens (primary N) is 1. The molecule has 0 aliphatic carbocycles. The number of methoxy groups -OCH3 is 1. The van der Waals surface area contributed by atoms with Gasteiger partial charge in [0.25, 0.3) is 0 Å². The van der Waals surface area contributed by atoms with Gasteiger partial charge in [0, 0.05) is 11.8 Å². The molecule has 0 radical (unpaired) electrons. The van der Waals surface area contributed by atoms with Crippen LogP contribution in [-0.4, -0.2) is 68.7 Å². The third-order valence-electron chi connectivity index (χ3n) is 6.55. The zero-order valence-corrected chi connectivity index (χ0v) is 24.4. The van der Waals surface area contributed by atoms with Gasteiger partial charge in [-0.3, -0.25) is 13.9 Å². The summed E-state index contributed by atoms with van der Waals surface area (Å²) in [5, 5.41) is 15.1. The number of carbonyl (C=O) groups is 1. The Balaban J connectivity index is 1.36. The Kier molecular flexibility index (Phi) is 8.62. The first-order chi connectivity index (χ1) is 20.1. The van der Waals surface area contributed by atoms with Crippen LogP contribution in [0.15, 0.2) is 48.8 Å².